The molecule has 0 saturated heterocycles. The molecule has 0 radical (unpaired) electrons. The zero-order valence-electron chi connectivity index (χ0n) is 11.1. The highest BCUT2D eigenvalue weighted by molar-refractivity contribution is 5.31. The number of aliphatic hydroxyl groups excluding tert-OH is 1. The second kappa shape index (κ2) is 6.88. The molecule has 0 aromatic heterocycles. The Hall–Kier alpha value is -0.900. The minimum Gasteiger partial charge on any atom is -0.396 e. The number of hydrogen-bond donors (Lipinski definition) is 2. The fourth-order valence-corrected chi connectivity index (χ4v) is 2.53. The van der Waals surface area contributed by atoms with Crippen LogP contribution in [-0.4, -0.2) is 30.9 Å². The Bertz CT molecular complexity index is 367. The highest BCUT2D eigenvalue weighted by Gasteiger charge is 2.20. The fourth-order valence-electron chi connectivity index (χ4n) is 2.53. The molecule has 0 aliphatic carbocycles. The Morgan fingerprint density at radius 2 is 2.28 bits per heavy atom. The molecule has 0 bridgehead atoms. The third-order valence-electron chi connectivity index (χ3n) is 3.65. The second-order valence-corrected chi connectivity index (χ2v) is 4.83. The number of aliphatic hydroxyl groups is 1. The summed E-state index contributed by atoms with van der Waals surface area (Å²) < 4.78 is 5.85. The van der Waals surface area contributed by atoms with Crippen LogP contribution in [0, 0.1) is 0 Å². The van der Waals surface area contributed by atoms with Crippen molar-refractivity contribution in [1.29, 1.82) is 0 Å². The maximum Gasteiger partial charge on any atom is 0.0952 e. The van der Waals surface area contributed by atoms with Crippen molar-refractivity contribution in [2.75, 3.05) is 19.8 Å². The van der Waals surface area contributed by atoms with E-state index in [1.54, 1.807) is 0 Å². The summed E-state index contributed by atoms with van der Waals surface area (Å²) in [5.74, 6) is 0. The van der Waals surface area contributed by atoms with Gasteiger partial charge in [0.05, 0.1) is 12.7 Å². The first kappa shape index (κ1) is 13.5. The lowest BCUT2D eigenvalue weighted by Crippen LogP contribution is -2.35. The summed E-state index contributed by atoms with van der Waals surface area (Å²) in [5, 5.41) is 12.5. The van der Waals surface area contributed by atoms with Crippen molar-refractivity contribution in [2.45, 2.75) is 38.3 Å². The number of ether oxygens (including phenoxy) is 1. The molecule has 2 unspecified atom stereocenters. The highest BCUT2D eigenvalue weighted by Crippen LogP contribution is 2.26. The van der Waals surface area contributed by atoms with E-state index in [1.807, 2.05) is 0 Å². The van der Waals surface area contributed by atoms with E-state index < -0.39 is 0 Å². The van der Waals surface area contributed by atoms with Crippen LogP contribution in [0.15, 0.2) is 24.3 Å². The summed E-state index contributed by atoms with van der Waals surface area (Å²) >= 11 is 0. The maximum absolute atomic E-state index is 8.99. The summed E-state index contributed by atoms with van der Waals surface area (Å²) in [6.45, 7) is 4.02. The molecule has 0 spiro atoms. The lowest BCUT2D eigenvalue weighted by Gasteiger charge is -2.28. The van der Waals surface area contributed by atoms with Crippen molar-refractivity contribution in [1.82, 2.24) is 5.32 Å². The van der Waals surface area contributed by atoms with Crippen LogP contribution in [0.5, 0.6) is 0 Å². The number of rotatable bonds is 6. The summed E-state index contributed by atoms with van der Waals surface area (Å²) in [7, 11) is 0. The topological polar surface area (TPSA) is 41.5 Å². The van der Waals surface area contributed by atoms with E-state index >= 15 is 0 Å². The van der Waals surface area contributed by atoms with E-state index in [9.17, 15) is 0 Å². The first-order chi connectivity index (χ1) is 8.85. The Balaban J connectivity index is 1.94. The van der Waals surface area contributed by atoms with Crippen molar-refractivity contribution >= 4 is 0 Å². The Kier molecular flexibility index (Phi) is 5.17. The summed E-state index contributed by atoms with van der Waals surface area (Å²) in [6.07, 6.45) is 3.02. The molecule has 100 valence electrons. The van der Waals surface area contributed by atoms with E-state index in [1.165, 1.54) is 11.1 Å². The van der Waals surface area contributed by atoms with Gasteiger partial charge >= 0.3 is 0 Å². The van der Waals surface area contributed by atoms with Gasteiger partial charge in [-0.15, -0.1) is 0 Å². The van der Waals surface area contributed by atoms with Crippen LogP contribution >= 0.6 is 0 Å². The van der Waals surface area contributed by atoms with Crippen molar-refractivity contribution < 1.29 is 9.84 Å². The predicted octanol–water partition coefficient (Wildman–Crippen LogP) is 2.05. The predicted molar refractivity (Wildman–Crippen MR) is 72.6 cm³/mol. The van der Waals surface area contributed by atoms with Crippen LogP contribution in [0.3, 0.4) is 0 Å². The number of benzene rings is 1. The van der Waals surface area contributed by atoms with E-state index in [0.717, 1.165) is 32.4 Å². The summed E-state index contributed by atoms with van der Waals surface area (Å²) in [5.41, 5.74) is 2.72. The maximum atomic E-state index is 8.99. The number of hydrogen-bond acceptors (Lipinski definition) is 3. The lowest BCUT2D eigenvalue weighted by molar-refractivity contribution is 0.0399. The smallest absolute Gasteiger partial charge is 0.0952 e. The van der Waals surface area contributed by atoms with Crippen molar-refractivity contribution in [3.63, 3.8) is 0 Å². The van der Waals surface area contributed by atoms with E-state index in [0.29, 0.717) is 6.04 Å². The zero-order chi connectivity index (χ0) is 12.8. The first-order valence-electron chi connectivity index (χ1n) is 6.88. The Labute approximate surface area is 109 Å². The Morgan fingerprint density at radius 1 is 1.44 bits per heavy atom. The molecule has 3 nitrogen and oxygen atoms in total. The van der Waals surface area contributed by atoms with Gasteiger partial charge in [0.25, 0.3) is 0 Å². The monoisotopic (exact) mass is 249 g/mol. The van der Waals surface area contributed by atoms with Gasteiger partial charge in [0.15, 0.2) is 0 Å². The molecule has 2 N–H and O–H groups in total. The highest BCUT2D eigenvalue weighted by atomic mass is 16.5. The van der Waals surface area contributed by atoms with Crippen molar-refractivity contribution in [3.05, 3.63) is 35.4 Å². The average molecular weight is 249 g/mol. The molecule has 0 saturated carbocycles. The number of nitrogens with one attached hydrogen (secondary N) is 1. The lowest BCUT2D eigenvalue weighted by atomic mass is 9.97. The first-order valence-corrected chi connectivity index (χ1v) is 6.88. The average Bonchev–Trinajstić information content (AvgIpc) is 2.43. The molecule has 0 fully saturated rings. The molecule has 1 aromatic carbocycles. The van der Waals surface area contributed by atoms with Crippen LogP contribution in [0.1, 0.15) is 37.0 Å². The van der Waals surface area contributed by atoms with Gasteiger partial charge in [-0.05, 0) is 30.4 Å². The van der Waals surface area contributed by atoms with Gasteiger partial charge in [0, 0.05) is 19.2 Å². The number of fused-ring (bicyclic) bond motifs is 1. The van der Waals surface area contributed by atoms with Crippen LogP contribution in [-0.2, 0) is 11.2 Å². The van der Waals surface area contributed by atoms with E-state index in [-0.39, 0.29) is 12.7 Å². The largest absolute Gasteiger partial charge is 0.396 e. The molecule has 1 aliphatic rings. The van der Waals surface area contributed by atoms with Crippen LogP contribution < -0.4 is 5.32 Å². The molecular formula is C15H23NO2. The Morgan fingerprint density at radius 3 is 3.06 bits per heavy atom. The molecule has 2 atom stereocenters. The molecule has 2 rings (SSSR count). The second-order valence-electron chi connectivity index (χ2n) is 4.83. The quantitative estimate of drug-likeness (QED) is 0.811. The van der Waals surface area contributed by atoms with Gasteiger partial charge in [0.2, 0.25) is 0 Å². The fraction of sp³-hybridized carbons (Fsp3) is 0.600. The van der Waals surface area contributed by atoms with Crippen LogP contribution in [0.25, 0.3) is 0 Å². The minimum atomic E-state index is 0.155. The van der Waals surface area contributed by atoms with Gasteiger partial charge in [-0.1, -0.05) is 31.2 Å². The van der Waals surface area contributed by atoms with Crippen molar-refractivity contribution in [3.8, 4) is 0 Å². The van der Waals surface area contributed by atoms with E-state index in [4.69, 9.17) is 9.84 Å². The van der Waals surface area contributed by atoms with Gasteiger partial charge in [-0.2, -0.15) is 0 Å². The minimum absolute atomic E-state index is 0.155. The molecule has 3 heteroatoms. The third-order valence-corrected chi connectivity index (χ3v) is 3.65. The van der Waals surface area contributed by atoms with E-state index in [2.05, 4.69) is 36.5 Å². The third kappa shape index (κ3) is 3.31. The molecule has 1 aromatic rings. The summed E-state index contributed by atoms with van der Waals surface area (Å²) in [6, 6.07) is 8.90. The summed E-state index contributed by atoms with van der Waals surface area (Å²) in [4.78, 5) is 0. The standard InChI is InChI=1S/C15H23NO2/c1-2-13(7-9-17)16-11-15-14-6-4-3-5-12(14)8-10-18-15/h3-6,13,15-17H,2,7-11H2,1H3. The SMILES string of the molecule is CCC(CCO)NCC1OCCc2ccccc21. The van der Waals surface area contributed by atoms with Gasteiger partial charge in [0.1, 0.15) is 0 Å². The molecular weight excluding hydrogens is 226 g/mol. The van der Waals surface area contributed by atoms with Gasteiger partial charge < -0.3 is 15.2 Å². The van der Waals surface area contributed by atoms with Crippen LogP contribution in [0.4, 0.5) is 0 Å². The van der Waals surface area contributed by atoms with Crippen LogP contribution in [0.2, 0.25) is 0 Å². The zero-order valence-corrected chi connectivity index (χ0v) is 11.1. The molecule has 1 heterocycles. The van der Waals surface area contributed by atoms with Gasteiger partial charge in [-0.3, -0.25) is 0 Å². The molecule has 18 heavy (non-hydrogen) atoms. The molecule has 1 aliphatic heterocycles. The normalized spacial score (nSPS) is 20.4. The van der Waals surface area contributed by atoms with Gasteiger partial charge in [-0.25, -0.2) is 0 Å². The molecule has 0 amide bonds. The van der Waals surface area contributed by atoms with Crippen molar-refractivity contribution in [2.24, 2.45) is 0 Å².